The van der Waals surface area contributed by atoms with E-state index in [9.17, 15) is 0 Å². The van der Waals surface area contributed by atoms with E-state index in [-0.39, 0.29) is 0 Å². The summed E-state index contributed by atoms with van der Waals surface area (Å²) in [6.45, 7) is 1.93. The number of halogens is 2. The van der Waals surface area contributed by atoms with Gasteiger partial charge >= 0.3 is 0 Å². The predicted molar refractivity (Wildman–Crippen MR) is 59.9 cm³/mol. The van der Waals surface area contributed by atoms with E-state index in [2.05, 4.69) is 0 Å². The van der Waals surface area contributed by atoms with Crippen LogP contribution in [0.5, 0.6) is 0 Å². The Kier molecular flexibility index (Phi) is 2.38. The van der Waals surface area contributed by atoms with Crippen LogP contribution in [-0.4, -0.2) is 0 Å². The van der Waals surface area contributed by atoms with Crippen molar-refractivity contribution in [2.45, 2.75) is 6.92 Å². The van der Waals surface area contributed by atoms with Gasteiger partial charge in [0.15, 0.2) is 0 Å². The molecule has 0 amide bonds. The molecule has 1 nitrogen and oxygen atoms in total. The average molecular weight is 227 g/mol. The van der Waals surface area contributed by atoms with E-state index in [0.29, 0.717) is 5.15 Å². The second kappa shape index (κ2) is 3.41. The van der Waals surface area contributed by atoms with Crippen molar-refractivity contribution < 1.29 is 4.57 Å². The summed E-state index contributed by atoms with van der Waals surface area (Å²) in [5, 5.41) is 2.47. The van der Waals surface area contributed by atoms with Crippen LogP contribution in [0, 0.1) is 6.92 Å². The fraction of sp³-hybridized carbons (Fsp3) is 0.182. The molecule has 72 valence electrons. The number of hydrogen-bond acceptors (Lipinski definition) is 0. The minimum Gasteiger partial charge on any atom is -0.184 e. The van der Waals surface area contributed by atoms with Crippen molar-refractivity contribution in [3.63, 3.8) is 0 Å². The smallest absolute Gasteiger partial charge is 0.184 e. The Bertz CT molecular complexity index is 460. The van der Waals surface area contributed by atoms with E-state index < -0.39 is 0 Å². The van der Waals surface area contributed by atoms with Crippen molar-refractivity contribution in [2.75, 3.05) is 0 Å². The minimum atomic E-state index is 0.689. The molecule has 0 spiro atoms. The van der Waals surface area contributed by atoms with Crippen LogP contribution in [0.3, 0.4) is 0 Å². The highest BCUT2D eigenvalue weighted by atomic mass is 35.5. The topological polar surface area (TPSA) is 3.88 Å². The first-order valence-corrected chi connectivity index (χ1v) is 5.11. The lowest BCUT2D eigenvalue weighted by Crippen LogP contribution is -2.31. The zero-order valence-corrected chi connectivity index (χ0v) is 9.52. The van der Waals surface area contributed by atoms with Gasteiger partial charge in [-0.15, -0.1) is 0 Å². The number of fused-ring (bicyclic) bond motifs is 1. The number of aryl methyl sites for hydroxylation is 1. The number of rotatable bonds is 0. The van der Waals surface area contributed by atoms with Gasteiger partial charge in [-0.2, -0.15) is 4.57 Å². The quantitative estimate of drug-likeness (QED) is 0.480. The third kappa shape index (κ3) is 1.28. The Morgan fingerprint density at radius 2 is 1.79 bits per heavy atom. The number of aromatic nitrogens is 1. The van der Waals surface area contributed by atoms with Crippen LogP contribution < -0.4 is 4.57 Å². The zero-order chi connectivity index (χ0) is 10.3. The SMILES string of the molecule is Cc1c(Cl)c2ccccc2[n+](C)c1Cl. The molecule has 0 N–H and O–H groups in total. The van der Waals surface area contributed by atoms with Crippen LogP contribution in [0.1, 0.15) is 5.56 Å². The average Bonchev–Trinajstić information content (AvgIpc) is 2.23. The van der Waals surface area contributed by atoms with Crippen LogP contribution in [0.4, 0.5) is 0 Å². The van der Waals surface area contributed by atoms with E-state index in [1.54, 1.807) is 0 Å². The molecular formula is C11H10Cl2N+. The number of nitrogens with zero attached hydrogens (tertiary/aromatic N) is 1. The molecule has 0 atom stereocenters. The summed E-state index contributed by atoms with van der Waals surface area (Å²) in [5.74, 6) is 0. The highest BCUT2D eigenvalue weighted by molar-refractivity contribution is 6.38. The molecule has 0 fully saturated rings. The molecule has 1 aromatic heterocycles. The molecule has 0 aliphatic rings. The third-order valence-corrected chi connectivity index (χ3v) is 3.46. The Balaban J connectivity index is 3.02. The van der Waals surface area contributed by atoms with E-state index >= 15 is 0 Å². The first-order chi connectivity index (χ1) is 6.63. The van der Waals surface area contributed by atoms with Crippen molar-refractivity contribution in [1.82, 2.24) is 0 Å². The summed E-state index contributed by atoms with van der Waals surface area (Å²) in [7, 11) is 1.94. The van der Waals surface area contributed by atoms with Gasteiger partial charge in [-0.25, -0.2) is 0 Å². The van der Waals surface area contributed by atoms with Crippen molar-refractivity contribution in [3.8, 4) is 0 Å². The maximum Gasteiger partial charge on any atom is 0.279 e. The molecule has 0 bridgehead atoms. The van der Waals surface area contributed by atoms with Gasteiger partial charge in [0, 0.05) is 6.07 Å². The Labute approximate surface area is 92.9 Å². The summed E-state index contributed by atoms with van der Waals surface area (Å²) in [4.78, 5) is 0. The first kappa shape index (κ1) is 9.75. The van der Waals surface area contributed by atoms with E-state index in [1.165, 1.54) is 0 Å². The highest BCUT2D eigenvalue weighted by Crippen LogP contribution is 2.28. The van der Waals surface area contributed by atoms with E-state index in [1.807, 2.05) is 42.8 Å². The Morgan fingerprint density at radius 1 is 1.14 bits per heavy atom. The lowest BCUT2D eigenvalue weighted by atomic mass is 10.1. The molecule has 2 rings (SSSR count). The molecule has 1 heterocycles. The van der Waals surface area contributed by atoms with Gasteiger partial charge in [-0.05, 0) is 24.6 Å². The summed E-state index contributed by atoms with van der Waals surface area (Å²) in [5.41, 5.74) is 1.97. The van der Waals surface area contributed by atoms with Crippen molar-refractivity contribution in [1.29, 1.82) is 0 Å². The monoisotopic (exact) mass is 226 g/mol. The molecule has 1 aromatic carbocycles. The highest BCUT2D eigenvalue weighted by Gasteiger charge is 2.17. The van der Waals surface area contributed by atoms with Gasteiger partial charge < -0.3 is 0 Å². The molecule has 2 aromatic rings. The number of para-hydroxylation sites is 1. The molecular weight excluding hydrogens is 217 g/mol. The van der Waals surface area contributed by atoms with Gasteiger partial charge in [0.05, 0.1) is 16.0 Å². The maximum atomic E-state index is 6.21. The predicted octanol–water partition coefficient (Wildman–Crippen LogP) is 3.28. The van der Waals surface area contributed by atoms with Gasteiger partial charge in [0.2, 0.25) is 5.52 Å². The number of benzene rings is 1. The molecule has 0 saturated carbocycles. The van der Waals surface area contributed by atoms with Crippen molar-refractivity contribution >= 4 is 34.1 Å². The van der Waals surface area contributed by atoms with Crippen LogP contribution in [-0.2, 0) is 7.05 Å². The molecule has 3 heteroatoms. The minimum absolute atomic E-state index is 0.689. The van der Waals surface area contributed by atoms with Gasteiger partial charge in [-0.1, -0.05) is 23.7 Å². The third-order valence-electron chi connectivity index (χ3n) is 2.44. The Morgan fingerprint density at radius 3 is 2.50 bits per heavy atom. The van der Waals surface area contributed by atoms with Crippen molar-refractivity contribution in [2.24, 2.45) is 7.05 Å². The van der Waals surface area contributed by atoms with E-state index in [0.717, 1.165) is 21.5 Å². The zero-order valence-electron chi connectivity index (χ0n) is 8.01. The lowest BCUT2D eigenvalue weighted by Gasteiger charge is -2.04. The maximum absolute atomic E-state index is 6.21. The lowest BCUT2D eigenvalue weighted by molar-refractivity contribution is -0.642. The number of hydrogen-bond donors (Lipinski definition) is 0. The fourth-order valence-corrected chi connectivity index (χ4v) is 2.08. The normalized spacial score (nSPS) is 10.9. The van der Waals surface area contributed by atoms with Gasteiger partial charge in [0.25, 0.3) is 5.15 Å². The standard InChI is InChI=1S/C11H10Cl2N/c1-7-10(12)8-5-3-4-6-9(8)14(2)11(7)13/h3-6H,1-2H3/q+1. The molecule has 0 unspecified atom stereocenters. The van der Waals surface area contributed by atoms with Gasteiger partial charge in [-0.3, -0.25) is 0 Å². The summed E-state index contributed by atoms with van der Waals surface area (Å²) < 4.78 is 1.94. The molecule has 14 heavy (non-hydrogen) atoms. The number of pyridine rings is 1. The van der Waals surface area contributed by atoms with E-state index in [4.69, 9.17) is 23.2 Å². The molecule has 0 radical (unpaired) electrons. The first-order valence-electron chi connectivity index (χ1n) is 4.35. The largest absolute Gasteiger partial charge is 0.279 e. The second-order valence-corrected chi connectivity index (χ2v) is 4.04. The summed E-state index contributed by atoms with van der Waals surface area (Å²) in [6.07, 6.45) is 0. The Hall–Kier alpha value is -0.790. The van der Waals surface area contributed by atoms with Crippen LogP contribution >= 0.6 is 23.2 Å². The molecule has 0 aliphatic carbocycles. The second-order valence-electron chi connectivity index (χ2n) is 3.31. The van der Waals surface area contributed by atoms with Gasteiger partial charge in [0.1, 0.15) is 7.05 Å². The van der Waals surface area contributed by atoms with Crippen LogP contribution in [0.15, 0.2) is 24.3 Å². The molecule has 0 aliphatic heterocycles. The molecule has 0 saturated heterocycles. The van der Waals surface area contributed by atoms with Crippen LogP contribution in [0.25, 0.3) is 10.9 Å². The fourth-order valence-electron chi connectivity index (χ4n) is 1.60. The summed E-state index contributed by atoms with van der Waals surface area (Å²) >= 11 is 12.3. The van der Waals surface area contributed by atoms with Crippen molar-refractivity contribution in [3.05, 3.63) is 40.0 Å². The van der Waals surface area contributed by atoms with Crippen LogP contribution in [0.2, 0.25) is 10.2 Å². The summed E-state index contributed by atoms with van der Waals surface area (Å²) in [6, 6.07) is 7.96.